The van der Waals surface area contributed by atoms with Crippen LogP contribution in [0.2, 0.25) is 0 Å². The molecular weight excluding hydrogens is 476 g/mol. The van der Waals surface area contributed by atoms with E-state index >= 15 is 0 Å². The summed E-state index contributed by atoms with van der Waals surface area (Å²) in [5.41, 5.74) is -0.788. The second-order valence-corrected chi connectivity index (χ2v) is 8.31. The van der Waals surface area contributed by atoms with Crippen LogP contribution in [0.15, 0.2) is 22.7 Å². The Morgan fingerprint density at radius 2 is 1.94 bits per heavy atom. The molecule has 1 saturated carbocycles. The maximum absolute atomic E-state index is 12.9. The molecule has 31 heavy (non-hydrogen) atoms. The van der Waals surface area contributed by atoms with E-state index in [2.05, 4.69) is 21.2 Å². The van der Waals surface area contributed by atoms with E-state index in [4.69, 9.17) is 4.74 Å². The van der Waals surface area contributed by atoms with Crippen LogP contribution in [0.25, 0.3) is 0 Å². The van der Waals surface area contributed by atoms with Gasteiger partial charge in [-0.15, -0.1) is 0 Å². The Kier molecular flexibility index (Phi) is 6.58. The average molecular weight is 497 g/mol. The third kappa shape index (κ3) is 4.53. The van der Waals surface area contributed by atoms with E-state index in [1.165, 1.54) is 23.1 Å². The van der Waals surface area contributed by atoms with Gasteiger partial charge in [-0.1, -0.05) is 19.3 Å². The summed E-state index contributed by atoms with van der Waals surface area (Å²) in [6.45, 7) is -1.21. The molecule has 1 aliphatic carbocycles. The Bertz CT molecular complexity index is 945. The average Bonchev–Trinajstić information content (AvgIpc) is 2.90. The number of rotatable bonds is 6. The number of nitrogens with zero attached hydrogens (tertiary/aromatic N) is 3. The Hall–Kier alpha value is -3.02. The van der Waals surface area contributed by atoms with Crippen LogP contribution >= 0.6 is 15.9 Å². The molecule has 1 spiro atoms. The number of carbonyl (C=O) groups excluding carboxylic acids is 4. The van der Waals surface area contributed by atoms with E-state index in [9.17, 15) is 29.3 Å². The summed E-state index contributed by atoms with van der Waals surface area (Å²) < 4.78 is 5.20. The van der Waals surface area contributed by atoms with Gasteiger partial charge in [-0.05, 0) is 34.8 Å². The van der Waals surface area contributed by atoms with Gasteiger partial charge in [0.05, 0.1) is 10.6 Å². The predicted molar refractivity (Wildman–Crippen MR) is 111 cm³/mol. The van der Waals surface area contributed by atoms with Crippen molar-refractivity contribution in [2.45, 2.75) is 37.6 Å². The summed E-state index contributed by atoms with van der Waals surface area (Å²) in [5, 5.41) is 13.2. The molecule has 166 valence electrons. The summed E-state index contributed by atoms with van der Waals surface area (Å²) in [7, 11) is 1.56. The molecular formula is C19H21BrN4O7. The molecule has 3 rings (SSSR count). The number of non-ortho nitro benzene ring substituents is 1. The topological polar surface area (TPSA) is 139 Å². The zero-order valence-corrected chi connectivity index (χ0v) is 18.3. The fourth-order valence-corrected chi connectivity index (χ4v) is 4.36. The monoisotopic (exact) mass is 496 g/mol. The number of anilines is 1. The molecule has 0 bridgehead atoms. The Balaban J connectivity index is 1.54. The lowest BCUT2D eigenvalue weighted by atomic mass is 9.81. The Morgan fingerprint density at radius 1 is 1.26 bits per heavy atom. The van der Waals surface area contributed by atoms with E-state index in [0.29, 0.717) is 12.8 Å². The number of imide groups is 1. The van der Waals surface area contributed by atoms with Gasteiger partial charge in [0.15, 0.2) is 6.61 Å². The van der Waals surface area contributed by atoms with Crippen molar-refractivity contribution in [3.05, 3.63) is 32.8 Å². The molecule has 0 radical (unpaired) electrons. The highest BCUT2D eigenvalue weighted by Gasteiger charge is 2.55. The first-order chi connectivity index (χ1) is 14.7. The molecule has 1 aromatic carbocycles. The number of nitrogens with one attached hydrogen (secondary N) is 1. The second-order valence-electron chi connectivity index (χ2n) is 7.46. The van der Waals surface area contributed by atoms with E-state index < -0.39 is 47.4 Å². The lowest BCUT2D eigenvalue weighted by Gasteiger charge is -2.35. The zero-order chi connectivity index (χ0) is 22.8. The van der Waals surface area contributed by atoms with Crippen molar-refractivity contribution in [1.29, 1.82) is 0 Å². The van der Waals surface area contributed by atoms with Gasteiger partial charge in [-0.3, -0.25) is 29.4 Å². The van der Waals surface area contributed by atoms with Crippen molar-refractivity contribution in [2.24, 2.45) is 0 Å². The summed E-state index contributed by atoms with van der Waals surface area (Å²) in [4.78, 5) is 62.0. The predicted octanol–water partition coefficient (Wildman–Crippen LogP) is 2.44. The molecule has 0 atom stereocenters. The molecule has 4 amide bonds. The van der Waals surface area contributed by atoms with Gasteiger partial charge in [-0.2, -0.15) is 0 Å². The van der Waals surface area contributed by atoms with Crippen molar-refractivity contribution in [3.8, 4) is 0 Å². The number of urea groups is 1. The summed E-state index contributed by atoms with van der Waals surface area (Å²) in [5.74, 6) is -1.97. The number of hydrogen-bond donors (Lipinski definition) is 1. The molecule has 1 aromatic rings. The van der Waals surface area contributed by atoms with Gasteiger partial charge in [0.2, 0.25) is 0 Å². The minimum atomic E-state index is -0.894. The van der Waals surface area contributed by atoms with Gasteiger partial charge < -0.3 is 15.0 Å². The molecule has 12 heteroatoms. The number of benzene rings is 1. The number of carbonyl (C=O) groups is 4. The molecule has 1 N–H and O–H groups in total. The Morgan fingerprint density at radius 3 is 2.55 bits per heavy atom. The molecule has 1 saturated heterocycles. The van der Waals surface area contributed by atoms with Crippen molar-refractivity contribution in [3.63, 3.8) is 0 Å². The molecule has 11 nitrogen and oxygen atoms in total. The maximum Gasteiger partial charge on any atom is 0.327 e. The van der Waals surface area contributed by atoms with Crippen LogP contribution in [0.1, 0.15) is 32.1 Å². The lowest BCUT2D eigenvalue weighted by Crippen LogP contribution is -2.49. The number of amides is 4. The van der Waals surface area contributed by atoms with Gasteiger partial charge >= 0.3 is 12.0 Å². The lowest BCUT2D eigenvalue weighted by molar-refractivity contribution is -0.384. The number of esters is 1. The van der Waals surface area contributed by atoms with Crippen molar-refractivity contribution in [2.75, 3.05) is 25.5 Å². The van der Waals surface area contributed by atoms with E-state index in [1.54, 1.807) is 7.05 Å². The first-order valence-corrected chi connectivity index (χ1v) is 10.4. The maximum atomic E-state index is 12.9. The fraction of sp³-hybridized carbons (Fsp3) is 0.474. The number of halogens is 1. The normalized spacial score (nSPS) is 17.7. The van der Waals surface area contributed by atoms with Gasteiger partial charge in [-0.25, -0.2) is 4.79 Å². The van der Waals surface area contributed by atoms with E-state index in [-0.39, 0.29) is 15.8 Å². The van der Waals surface area contributed by atoms with Crippen LogP contribution in [0.5, 0.6) is 0 Å². The van der Waals surface area contributed by atoms with Crippen molar-refractivity contribution >= 4 is 51.1 Å². The number of likely N-dealkylation sites (N-methyl/N-ethyl adjacent to an activating group) is 1. The summed E-state index contributed by atoms with van der Waals surface area (Å²) >= 11 is 3.12. The highest BCUT2D eigenvalue weighted by atomic mass is 79.9. The molecule has 2 fully saturated rings. The number of hydrogen-bond acceptors (Lipinski definition) is 7. The summed E-state index contributed by atoms with van der Waals surface area (Å²) in [6, 6.07) is 3.23. The minimum Gasteiger partial charge on any atom is -0.454 e. The zero-order valence-electron chi connectivity index (χ0n) is 16.8. The third-order valence-electron chi connectivity index (χ3n) is 5.57. The van der Waals surface area contributed by atoms with Crippen LogP contribution in [0.3, 0.4) is 0 Å². The molecule has 0 unspecified atom stereocenters. The van der Waals surface area contributed by atoms with Gasteiger partial charge in [0.25, 0.3) is 17.5 Å². The van der Waals surface area contributed by atoms with Crippen molar-refractivity contribution < 1.29 is 28.8 Å². The second kappa shape index (κ2) is 9.00. The molecule has 0 aromatic heterocycles. The van der Waals surface area contributed by atoms with Crippen LogP contribution in [0, 0.1) is 10.1 Å². The molecule has 2 aliphatic rings. The first kappa shape index (κ1) is 22.7. The fourth-order valence-electron chi connectivity index (χ4n) is 3.90. The van der Waals surface area contributed by atoms with Crippen LogP contribution in [-0.2, 0) is 19.1 Å². The van der Waals surface area contributed by atoms with Crippen molar-refractivity contribution in [1.82, 2.24) is 9.80 Å². The number of nitro benzene ring substituents is 1. The molecule has 1 heterocycles. The van der Waals surface area contributed by atoms with Crippen LogP contribution in [-0.4, -0.2) is 64.3 Å². The highest BCUT2D eigenvalue weighted by molar-refractivity contribution is 9.10. The first-order valence-electron chi connectivity index (χ1n) is 9.65. The summed E-state index contributed by atoms with van der Waals surface area (Å²) in [6.07, 6.45) is 3.79. The van der Waals surface area contributed by atoms with Gasteiger partial charge in [0, 0.05) is 23.7 Å². The highest BCUT2D eigenvalue weighted by Crippen LogP contribution is 2.39. The minimum absolute atomic E-state index is 0.156. The largest absolute Gasteiger partial charge is 0.454 e. The quantitative estimate of drug-likeness (QED) is 0.276. The SMILES string of the molecule is CN1C(=O)N(CC(=O)OCC(=O)Nc2ccc([N+](=O)[O-])cc2Br)C(=O)C12CCCCC2. The smallest absolute Gasteiger partial charge is 0.327 e. The Labute approximate surface area is 186 Å². The van der Waals surface area contributed by atoms with Gasteiger partial charge in [0.1, 0.15) is 12.1 Å². The number of nitro groups is 1. The van der Waals surface area contributed by atoms with Crippen LogP contribution < -0.4 is 5.32 Å². The molecule has 1 aliphatic heterocycles. The van der Waals surface area contributed by atoms with E-state index in [0.717, 1.165) is 24.2 Å². The van der Waals surface area contributed by atoms with E-state index in [1.807, 2.05) is 0 Å². The standard InChI is InChI=1S/C19H21BrN4O7/c1-22-18(28)23(17(27)19(22)7-3-2-4-8-19)10-16(26)31-11-15(25)21-14-6-5-12(24(29)30)9-13(14)20/h5-6,9H,2-4,7-8,10-11H2,1H3,(H,21,25). The van der Waals surface area contributed by atoms with Crippen LogP contribution in [0.4, 0.5) is 16.2 Å². The number of ether oxygens (including phenoxy) is 1. The third-order valence-corrected chi connectivity index (χ3v) is 6.23.